The standard InChI is InChI=1S/C13H19NO5S/c1-3-11(12(15)13(16)19-2)14-20(17,18)9-10-7-5-4-6-8-10/h4-8,11-12,14-15H,3,9H2,1-2H3. The third kappa shape index (κ3) is 4.92. The maximum atomic E-state index is 12.0. The van der Waals surface area contributed by atoms with Gasteiger partial charge in [0, 0.05) is 0 Å². The minimum absolute atomic E-state index is 0.210. The number of carbonyl (C=O) groups is 1. The average molecular weight is 301 g/mol. The average Bonchev–Trinajstić information content (AvgIpc) is 2.43. The van der Waals surface area contributed by atoms with Crippen molar-refractivity contribution >= 4 is 16.0 Å². The van der Waals surface area contributed by atoms with Crippen LogP contribution in [0.2, 0.25) is 0 Å². The molecule has 2 N–H and O–H groups in total. The summed E-state index contributed by atoms with van der Waals surface area (Å²) in [6.07, 6.45) is -1.25. The molecule has 0 aromatic heterocycles. The SMILES string of the molecule is CCC(NS(=O)(=O)Cc1ccccc1)C(O)C(=O)OC. The van der Waals surface area contributed by atoms with Crippen molar-refractivity contribution in [3.63, 3.8) is 0 Å². The first-order chi connectivity index (χ1) is 9.39. The molecule has 0 saturated heterocycles. The van der Waals surface area contributed by atoms with Crippen molar-refractivity contribution in [2.75, 3.05) is 7.11 Å². The molecule has 2 unspecified atom stereocenters. The molecule has 20 heavy (non-hydrogen) atoms. The van der Waals surface area contributed by atoms with Gasteiger partial charge in [-0.2, -0.15) is 0 Å². The highest BCUT2D eigenvalue weighted by Gasteiger charge is 2.29. The van der Waals surface area contributed by atoms with E-state index in [0.717, 1.165) is 7.11 Å². The zero-order valence-electron chi connectivity index (χ0n) is 11.4. The Morgan fingerprint density at radius 1 is 1.35 bits per heavy atom. The van der Waals surface area contributed by atoms with E-state index < -0.39 is 28.1 Å². The molecule has 7 heteroatoms. The van der Waals surface area contributed by atoms with Gasteiger partial charge in [0.1, 0.15) is 0 Å². The highest BCUT2D eigenvalue weighted by Crippen LogP contribution is 2.08. The first-order valence-electron chi connectivity index (χ1n) is 6.19. The molecule has 6 nitrogen and oxygen atoms in total. The van der Waals surface area contributed by atoms with Gasteiger partial charge >= 0.3 is 5.97 Å². The molecular formula is C13H19NO5S. The van der Waals surface area contributed by atoms with E-state index in [1.54, 1.807) is 37.3 Å². The maximum absolute atomic E-state index is 12.0. The lowest BCUT2D eigenvalue weighted by atomic mass is 10.1. The summed E-state index contributed by atoms with van der Waals surface area (Å²) < 4.78 is 30.8. The van der Waals surface area contributed by atoms with Gasteiger partial charge in [0.15, 0.2) is 6.10 Å². The summed E-state index contributed by atoms with van der Waals surface area (Å²) in [4.78, 5) is 11.2. The van der Waals surface area contributed by atoms with Gasteiger partial charge < -0.3 is 9.84 Å². The lowest BCUT2D eigenvalue weighted by molar-refractivity contribution is -0.151. The smallest absolute Gasteiger partial charge is 0.336 e. The second-order valence-electron chi connectivity index (χ2n) is 4.35. The number of benzene rings is 1. The van der Waals surface area contributed by atoms with Crippen molar-refractivity contribution in [2.24, 2.45) is 0 Å². The van der Waals surface area contributed by atoms with Gasteiger partial charge in [-0.25, -0.2) is 17.9 Å². The molecule has 0 heterocycles. The third-order valence-electron chi connectivity index (χ3n) is 2.79. The van der Waals surface area contributed by atoms with Crippen LogP contribution in [0.3, 0.4) is 0 Å². The lowest BCUT2D eigenvalue weighted by Crippen LogP contribution is -2.47. The quantitative estimate of drug-likeness (QED) is 0.712. The Labute approximate surface area is 118 Å². The molecule has 112 valence electrons. The Balaban J connectivity index is 2.75. The number of hydrogen-bond acceptors (Lipinski definition) is 5. The predicted molar refractivity (Wildman–Crippen MR) is 74.3 cm³/mol. The third-order valence-corrected chi connectivity index (χ3v) is 4.17. The maximum Gasteiger partial charge on any atom is 0.336 e. The molecule has 0 amide bonds. The first kappa shape index (κ1) is 16.6. The van der Waals surface area contributed by atoms with Crippen LogP contribution >= 0.6 is 0 Å². The Kier molecular flexibility index (Phi) is 6.12. The van der Waals surface area contributed by atoms with Crippen LogP contribution in [0, 0.1) is 0 Å². The van der Waals surface area contributed by atoms with Crippen LogP contribution in [-0.4, -0.2) is 38.7 Å². The summed E-state index contributed by atoms with van der Waals surface area (Å²) >= 11 is 0. The van der Waals surface area contributed by atoms with Gasteiger partial charge in [-0.15, -0.1) is 0 Å². The molecule has 0 aliphatic carbocycles. The predicted octanol–water partition coefficient (Wildman–Crippen LogP) is 0.418. The van der Waals surface area contributed by atoms with E-state index in [4.69, 9.17) is 0 Å². The Morgan fingerprint density at radius 2 is 1.95 bits per heavy atom. The van der Waals surface area contributed by atoms with Crippen molar-refractivity contribution in [1.29, 1.82) is 0 Å². The van der Waals surface area contributed by atoms with E-state index in [9.17, 15) is 18.3 Å². The van der Waals surface area contributed by atoms with Crippen molar-refractivity contribution in [1.82, 2.24) is 4.72 Å². The van der Waals surface area contributed by atoms with Crippen LogP contribution in [0.15, 0.2) is 30.3 Å². The van der Waals surface area contributed by atoms with Gasteiger partial charge in [-0.3, -0.25) is 0 Å². The van der Waals surface area contributed by atoms with E-state index in [1.807, 2.05) is 0 Å². The van der Waals surface area contributed by atoms with Crippen LogP contribution in [0.25, 0.3) is 0 Å². The van der Waals surface area contributed by atoms with Gasteiger partial charge in [0.05, 0.1) is 18.9 Å². The number of esters is 1. The number of sulfonamides is 1. The van der Waals surface area contributed by atoms with Gasteiger partial charge in [0.25, 0.3) is 0 Å². The Hall–Kier alpha value is -1.44. The molecule has 0 aliphatic heterocycles. The van der Waals surface area contributed by atoms with Crippen LogP contribution in [0.4, 0.5) is 0 Å². The van der Waals surface area contributed by atoms with E-state index >= 15 is 0 Å². The topological polar surface area (TPSA) is 92.7 Å². The van der Waals surface area contributed by atoms with Crippen LogP contribution in [0.5, 0.6) is 0 Å². The first-order valence-corrected chi connectivity index (χ1v) is 7.84. The molecule has 1 aromatic carbocycles. The minimum Gasteiger partial charge on any atom is -0.467 e. The Morgan fingerprint density at radius 3 is 2.45 bits per heavy atom. The number of ether oxygens (including phenoxy) is 1. The zero-order valence-corrected chi connectivity index (χ0v) is 12.3. The Bertz CT molecular complexity index is 529. The van der Waals surface area contributed by atoms with E-state index in [0.29, 0.717) is 5.56 Å². The second kappa shape index (κ2) is 7.37. The summed E-state index contributed by atoms with van der Waals surface area (Å²) in [6.45, 7) is 1.67. The molecule has 1 rings (SSSR count). The van der Waals surface area contributed by atoms with E-state index in [2.05, 4.69) is 9.46 Å². The van der Waals surface area contributed by atoms with E-state index in [1.165, 1.54) is 0 Å². The van der Waals surface area contributed by atoms with Gasteiger partial charge in [-0.1, -0.05) is 37.3 Å². The summed E-state index contributed by atoms with van der Waals surface area (Å²) in [5.74, 6) is -1.07. The van der Waals surface area contributed by atoms with Crippen molar-refractivity contribution in [3.05, 3.63) is 35.9 Å². The summed E-state index contributed by atoms with van der Waals surface area (Å²) in [5.41, 5.74) is 0.627. The van der Waals surface area contributed by atoms with Crippen LogP contribution < -0.4 is 4.72 Å². The number of aliphatic hydroxyl groups excluding tert-OH is 1. The minimum atomic E-state index is -3.65. The fraction of sp³-hybridized carbons (Fsp3) is 0.462. The van der Waals surface area contributed by atoms with E-state index in [-0.39, 0.29) is 12.2 Å². The number of carbonyl (C=O) groups excluding carboxylic acids is 1. The zero-order chi connectivity index (χ0) is 15.2. The molecule has 0 bridgehead atoms. The molecular weight excluding hydrogens is 282 g/mol. The fourth-order valence-corrected chi connectivity index (χ4v) is 3.19. The van der Waals surface area contributed by atoms with Gasteiger partial charge in [0.2, 0.25) is 10.0 Å². The summed E-state index contributed by atoms with van der Waals surface area (Å²) in [6, 6.07) is 7.75. The molecule has 0 aliphatic rings. The van der Waals surface area contributed by atoms with Crippen LogP contribution in [0.1, 0.15) is 18.9 Å². The molecule has 0 saturated carbocycles. The number of nitrogens with one attached hydrogen (secondary N) is 1. The molecule has 0 spiro atoms. The molecule has 0 fully saturated rings. The van der Waals surface area contributed by atoms with Crippen molar-refractivity contribution < 1.29 is 23.1 Å². The number of methoxy groups -OCH3 is 1. The van der Waals surface area contributed by atoms with Crippen molar-refractivity contribution in [2.45, 2.75) is 31.2 Å². The lowest BCUT2D eigenvalue weighted by Gasteiger charge is -2.20. The second-order valence-corrected chi connectivity index (χ2v) is 6.10. The normalized spacial score (nSPS) is 14.6. The molecule has 0 radical (unpaired) electrons. The summed E-state index contributed by atoms with van der Waals surface area (Å²) in [7, 11) is -2.51. The van der Waals surface area contributed by atoms with Crippen molar-refractivity contribution in [3.8, 4) is 0 Å². The molecule has 2 atom stereocenters. The number of hydrogen-bond donors (Lipinski definition) is 2. The summed E-state index contributed by atoms with van der Waals surface area (Å²) in [5, 5.41) is 9.71. The largest absolute Gasteiger partial charge is 0.467 e. The van der Waals surface area contributed by atoms with Gasteiger partial charge in [-0.05, 0) is 12.0 Å². The molecule has 1 aromatic rings. The highest BCUT2D eigenvalue weighted by molar-refractivity contribution is 7.88. The number of rotatable bonds is 7. The van der Waals surface area contributed by atoms with Crippen LogP contribution in [-0.2, 0) is 25.3 Å². The monoisotopic (exact) mass is 301 g/mol. The number of aliphatic hydroxyl groups is 1. The highest BCUT2D eigenvalue weighted by atomic mass is 32.2. The fourth-order valence-electron chi connectivity index (χ4n) is 1.72.